The lowest BCUT2D eigenvalue weighted by Crippen LogP contribution is -2.31. The zero-order valence-corrected chi connectivity index (χ0v) is 15.3. The minimum Gasteiger partial charge on any atom is -0.494 e. The molecule has 0 fully saturated rings. The zero-order chi connectivity index (χ0) is 19.1. The molecule has 0 aliphatic heterocycles. The number of nitrogens with one attached hydrogen (secondary N) is 1. The first-order valence-electron chi connectivity index (χ1n) is 9.42. The molecule has 2 N–H and O–H groups in total. The van der Waals surface area contributed by atoms with Crippen molar-refractivity contribution >= 4 is 11.9 Å². The molecular formula is C22H25NO4. The van der Waals surface area contributed by atoms with Crippen molar-refractivity contribution < 1.29 is 19.4 Å². The first kappa shape index (κ1) is 19.0. The van der Waals surface area contributed by atoms with E-state index in [4.69, 9.17) is 9.84 Å². The molecule has 1 atom stereocenters. The van der Waals surface area contributed by atoms with Gasteiger partial charge in [-0.15, -0.1) is 0 Å². The number of benzene rings is 2. The maximum atomic E-state index is 12.6. The summed E-state index contributed by atoms with van der Waals surface area (Å²) in [5.41, 5.74) is 3.45. The average molecular weight is 367 g/mol. The Kier molecular flexibility index (Phi) is 6.47. The van der Waals surface area contributed by atoms with Gasteiger partial charge in [0.05, 0.1) is 12.5 Å². The molecule has 142 valence electrons. The Morgan fingerprint density at radius 2 is 1.89 bits per heavy atom. The highest BCUT2D eigenvalue weighted by Gasteiger charge is 2.25. The van der Waals surface area contributed by atoms with E-state index in [9.17, 15) is 9.59 Å². The summed E-state index contributed by atoms with van der Waals surface area (Å²) >= 11 is 0. The Morgan fingerprint density at radius 1 is 1.11 bits per heavy atom. The molecule has 0 saturated carbocycles. The van der Waals surface area contributed by atoms with E-state index in [-0.39, 0.29) is 18.2 Å². The van der Waals surface area contributed by atoms with Crippen molar-refractivity contribution in [3.63, 3.8) is 0 Å². The fourth-order valence-electron chi connectivity index (χ4n) is 3.46. The van der Waals surface area contributed by atoms with Crippen LogP contribution in [0.4, 0.5) is 0 Å². The molecule has 3 rings (SSSR count). The van der Waals surface area contributed by atoms with E-state index < -0.39 is 5.97 Å². The van der Waals surface area contributed by atoms with Gasteiger partial charge < -0.3 is 15.2 Å². The molecule has 27 heavy (non-hydrogen) atoms. The largest absolute Gasteiger partial charge is 0.494 e. The molecule has 2 aromatic carbocycles. The summed E-state index contributed by atoms with van der Waals surface area (Å²) < 4.78 is 5.52. The summed E-state index contributed by atoms with van der Waals surface area (Å²) in [6.45, 7) is 0.861. The number of aryl methyl sites for hydroxylation is 1. The molecule has 0 saturated heterocycles. The third kappa shape index (κ3) is 5.33. The number of amides is 1. The van der Waals surface area contributed by atoms with Gasteiger partial charge in [0.2, 0.25) is 5.91 Å². The minimum atomic E-state index is -0.815. The van der Waals surface area contributed by atoms with E-state index in [1.807, 2.05) is 36.4 Å². The molecule has 1 amide bonds. The van der Waals surface area contributed by atoms with E-state index in [2.05, 4.69) is 17.4 Å². The molecule has 1 aliphatic carbocycles. The maximum absolute atomic E-state index is 12.6. The molecule has 5 heteroatoms. The molecule has 5 nitrogen and oxygen atoms in total. The molecule has 0 heterocycles. The Morgan fingerprint density at radius 3 is 2.67 bits per heavy atom. The van der Waals surface area contributed by atoms with Crippen LogP contribution in [0.2, 0.25) is 0 Å². The van der Waals surface area contributed by atoms with Crippen molar-refractivity contribution in [2.75, 3.05) is 6.61 Å². The molecule has 0 spiro atoms. The van der Waals surface area contributed by atoms with E-state index in [1.165, 1.54) is 5.56 Å². The predicted octanol–water partition coefficient (Wildman–Crippen LogP) is 3.67. The van der Waals surface area contributed by atoms with Crippen LogP contribution < -0.4 is 10.1 Å². The summed E-state index contributed by atoms with van der Waals surface area (Å²) in [5.74, 6) is -0.0927. The second kappa shape index (κ2) is 9.21. The second-order valence-electron chi connectivity index (χ2n) is 6.85. The maximum Gasteiger partial charge on any atom is 0.303 e. The lowest BCUT2D eigenvalue weighted by Gasteiger charge is -2.24. The lowest BCUT2D eigenvalue weighted by atomic mass is 9.82. The normalized spacial score (nSPS) is 15.6. The number of aliphatic carboxylic acids is 1. The highest BCUT2D eigenvalue weighted by atomic mass is 16.5. The van der Waals surface area contributed by atoms with Gasteiger partial charge in [0.1, 0.15) is 5.75 Å². The monoisotopic (exact) mass is 367 g/mol. The molecule has 1 unspecified atom stereocenters. The highest BCUT2D eigenvalue weighted by molar-refractivity contribution is 5.84. The number of hydrogen-bond donors (Lipinski definition) is 2. The van der Waals surface area contributed by atoms with Crippen LogP contribution in [0.3, 0.4) is 0 Å². The van der Waals surface area contributed by atoms with Crippen LogP contribution in [0, 0.1) is 0 Å². The van der Waals surface area contributed by atoms with Crippen molar-refractivity contribution in [1.82, 2.24) is 5.32 Å². The molecule has 0 bridgehead atoms. The fourth-order valence-corrected chi connectivity index (χ4v) is 3.46. The van der Waals surface area contributed by atoms with Crippen LogP contribution >= 0.6 is 0 Å². The number of hydrogen-bond acceptors (Lipinski definition) is 3. The summed E-state index contributed by atoms with van der Waals surface area (Å²) in [5, 5.41) is 11.7. The number of carbonyl (C=O) groups excluding carboxylic acids is 1. The summed E-state index contributed by atoms with van der Waals surface area (Å²) in [7, 11) is 0. The molecule has 2 aromatic rings. The van der Waals surface area contributed by atoms with Crippen molar-refractivity contribution in [2.45, 2.75) is 44.6 Å². The van der Waals surface area contributed by atoms with Gasteiger partial charge >= 0.3 is 5.97 Å². The Balaban J connectivity index is 1.49. The molecule has 1 aliphatic rings. The van der Waals surface area contributed by atoms with Crippen LogP contribution in [-0.4, -0.2) is 23.6 Å². The minimum absolute atomic E-state index is 0.0632. The third-order valence-electron chi connectivity index (χ3n) is 4.88. The predicted molar refractivity (Wildman–Crippen MR) is 103 cm³/mol. The Labute approximate surface area is 159 Å². The smallest absolute Gasteiger partial charge is 0.303 e. The van der Waals surface area contributed by atoms with E-state index >= 15 is 0 Å². The average Bonchev–Trinajstić information content (AvgIpc) is 2.69. The van der Waals surface area contributed by atoms with Crippen LogP contribution in [0.15, 0.2) is 48.5 Å². The molecule has 0 aromatic heterocycles. The van der Waals surface area contributed by atoms with Crippen LogP contribution in [0.5, 0.6) is 5.75 Å². The number of rotatable bonds is 8. The van der Waals surface area contributed by atoms with Gasteiger partial charge in [-0.25, -0.2) is 0 Å². The van der Waals surface area contributed by atoms with Gasteiger partial charge in [-0.05, 0) is 54.5 Å². The second-order valence-corrected chi connectivity index (χ2v) is 6.85. The van der Waals surface area contributed by atoms with E-state index in [0.717, 1.165) is 30.4 Å². The van der Waals surface area contributed by atoms with Crippen molar-refractivity contribution in [1.29, 1.82) is 0 Å². The van der Waals surface area contributed by atoms with Crippen molar-refractivity contribution in [3.05, 3.63) is 65.2 Å². The highest BCUT2D eigenvalue weighted by Crippen LogP contribution is 2.31. The topological polar surface area (TPSA) is 75.6 Å². The summed E-state index contributed by atoms with van der Waals surface area (Å²) in [6, 6.07) is 15.7. The van der Waals surface area contributed by atoms with Crippen LogP contribution in [-0.2, 0) is 22.6 Å². The zero-order valence-electron chi connectivity index (χ0n) is 15.3. The van der Waals surface area contributed by atoms with Gasteiger partial charge in [-0.2, -0.15) is 0 Å². The fraction of sp³-hybridized carbons (Fsp3) is 0.364. The first-order valence-corrected chi connectivity index (χ1v) is 9.42. The molecule has 0 radical (unpaired) electrons. The van der Waals surface area contributed by atoms with E-state index in [0.29, 0.717) is 25.3 Å². The van der Waals surface area contributed by atoms with Gasteiger partial charge in [0.15, 0.2) is 0 Å². The van der Waals surface area contributed by atoms with Gasteiger partial charge in [-0.3, -0.25) is 9.59 Å². The quantitative estimate of drug-likeness (QED) is 0.698. The SMILES string of the molecule is O=C(O)CCCOc1ccc(CNC(=O)C2CCCc3ccccc32)cc1. The number of carbonyl (C=O) groups is 2. The standard InChI is InChI=1S/C22H25NO4/c24-21(25)9-4-14-27-18-12-10-16(11-13-18)15-23-22(26)20-8-3-6-17-5-1-2-7-19(17)20/h1-2,5,7,10-13,20H,3-4,6,8-9,14-15H2,(H,23,26)(H,24,25). The Bertz CT molecular complexity index is 785. The summed E-state index contributed by atoms with van der Waals surface area (Å²) in [4.78, 5) is 23.1. The third-order valence-corrected chi connectivity index (χ3v) is 4.88. The van der Waals surface area contributed by atoms with Gasteiger partial charge in [-0.1, -0.05) is 36.4 Å². The molecular weight excluding hydrogens is 342 g/mol. The number of ether oxygens (including phenoxy) is 1. The lowest BCUT2D eigenvalue weighted by molar-refractivity contribution is -0.137. The van der Waals surface area contributed by atoms with Crippen molar-refractivity contribution in [3.8, 4) is 5.75 Å². The first-order chi connectivity index (χ1) is 13.1. The van der Waals surface area contributed by atoms with Gasteiger partial charge in [0.25, 0.3) is 0 Å². The van der Waals surface area contributed by atoms with Crippen molar-refractivity contribution in [2.24, 2.45) is 0 Å². The van der Waals surface area contributed by atoms with E-state index in [1.54, 1.807) is 0 Å². The summed E-state index contributed by atoms with van der Waals surface area (Å²) in [6.07, 6.45) is 3.58. The number of carboxylic acids is 1. The number of carboxylic acid groups (broad SMARTS) is 1. The van der Waals surface area contributed by atoms with Gasteiger partial charge in [0, 0.05) is 13.0 Å². The van der Waals surface area contributed by atoms with Crippen LogP contribution in [0.25, 0.3) is 0 Å². The number of fused-ring (bicyclic) bond motifs is 1. The Hall–Kier alpha value is -2.82. The van der Waals surface area contributed by atoms with Crippen LogP contribution in [0.1, 0.15) is 48.3 Å².